The Balaban J connectivity index is 2.36. The molecule has 0 radical (unpaired) electrons. The molecule has 1 aliphatic heterocycles. The Hall–Kier alpha value is -1.68. The number of aliphatic hydroxyl groups excluding tert-OH is 3. The summed E-state index contributed by atoms with van der Waals surface area (Å²) in [5, 5.41) is 30.8. The van der Waals surface area contributed by atoms with E-state index < -0.39 is 59.8 Å². The van der Waals surface area contributed by atoms with E-state index in [2.05, 4.69) is 54.5 Å². The summed E-state index contributed by atoms with van der Waals surface area (Å²) < 4.78 is 59.3. The fourth-order valence-corrected chi connectivity index (χ4v) is 8.50. The Labute approximate surface area is 396 Å². The van der Waals surface area contributed by atoms with Gasteiger partial charge < -0.3 is 34.3 Å². The van der Waals surface area contributed by atoms with Gasteiger partial charge in [-0.25, -0.2) is 4.18 Å². The topological polar surface area (TPSA) is 178 Å². The summed E-state index contributed by atoms with van der Waals surface area (Å²) >= 11 is 0. The maximum atomic E-state index is 12.9. The van der Waals surface area contributed by atoms with Crippen LogP contribution < -0.4 is 0 Å². The first-order valence-corrected chi connectivity index (χ1v) is 27.6. The number of unbranched alkanes of at least 4 members (excludes halogenated alkanes) is 27. The lowest BCUT2D eigenvalue weighted by Gasteiger charge is -2.41. The Morgan fingerprint density at radius 1 is 0.585 bits per heavy atom. The summed E-state index contributed by atoms with van der Waals surface area (Å²) in [5.41, 5.74) is 0. The van der Waals surface area contributed by atoms with Gasteiger partial charge in [0.2, 0.25) is 0 Å². The van der Waals surface area contributed by atoms with Crippen molar-refractivity contribution in [3.8, 4) is 0 Å². The van der Waals surface area contributed by atoms with E-state index >= 15 is 0 Å². The highest BCUT2D eigenvalue weighted by Crippen LogP contribution is 2.26. The van der Waals surface area contributed by atoms with Gasteiger partial charge in [0.05, 0.1) is 19.8 Å². The number of hydrogen-bond donors (Lipinski definition) is 4. The van der Waals surface area contributed by atoms with Gasteiger partial charge in [0.1, 0.15) is 30.5 Å². The molecule has 6 atom stereocenters. The minimum atomic E-state index is -5.07. The Morgan fingerprint density at radius 2 is 1.02 bits per heavy atom. The molecule has 0 amide bonds. The predicted molar refractivity (Wildman–Crippen MR) is 262 cm³/mol. The van der Waals surface area contributed by atoms with Gasteiger partial charge in [-0.15, -0.1) is 0 Å². The SMILES string of the molecule is CCCCCC/C=C\C/C=C\CCCCCCCCCC(=O)OC(COCCCCCCCCCCCC/C=C\CCCCCCCC)COC1OC(CO)C(O)C(OS(=O)(=O)O)C1O. The quantitative estimate of drug-likeness (QED) is 0.0197. The molecular formula is C52H96O12S. The van der Waals surface area contributed by atoms with E-state index in [0.29, 0.717) is 13.0 Å². The van der Waals surface area contributed by atoms with Crippen LogP contribution in [0.25, 0.3) is 0 Å². The van der Waals surface area contributed by atoms with Gasteiger partial charge in [-0.2, -0.15) is 8.42 Å². The van der Waals surface area contributed by atoms with E-state index in [4.69, 9.17) is 18.9 Å². The molecular weight excluding hydrogens is 849 g/mol. The van der Waals surface area contributed by atoms with Crippen molar-refractivity contribution in [3.05, 3.63) is 36.5 Å². The maximum Gasteiger partial charge on any atom is 0.397 e. The molecule has 382 valence electrons. The second-order valence-electron chi connectivity index (χ2n) is 18.1. The van der Waals surface area contributed by atoms with E-state index in [9.17, 15) is 33.1 Å². The smallest absolute Gasteiger partial charge is 0.397 e. The highest BCUT2D eigenvalue weighted by Gasteiger charge is 2.48. The molecule has 4 N–H and O–H groups in total. The number of carbonyl (C=O) groups excluding carboxylic acids is 1. The zero-order chi connectivity index (χ0) is 47.5. The summed E-state index contributed by atoms with van der Waals surface area (Å²) in [5.74, 6) is -0.405. The molecule has 0 aromatic carbocycles. The summed E-state index contributed by atoms with van der Waals surface area (Å²) in [6, 6.07) is 0. The third-order valence-corrected chi connectivity index (χ3v) is 12.5. The largest absolute Gasteiger partial charge is 0.457 e. The van der Waals surface area contributed by atoms with Crippen molar-refractivity contribution in [3.63, 3.8) is 0 Å². The number of allylic oxidation sites excluding steroid dienone is 6. The van der Waals surface area contributed by atoms with Crippen LogP contribution in [0, 0.1) is 0 Å². The highest BCUT2D eigenvalue weighted by atomic mass is 32.3. The van der Waals surface area contributed by atoms with Crippen molar-refractivity contribution in [2.45, 2.75) is 263 Å². The minimum Gasteiger partial charge on any atom is -0.457 e. The number of aliphatic hydroxyl groups is 3. The van der Waals surface area contributed by atoms with Crippen LogP contribution in [0.5, 0.6) is 0 Å². The molecule has 0 aromatic rings. The zero-order valence-electron chi connectivity index (χ0n) is 41.1. The normalized spacial score (nSPS) is 19.9. The maximum absolute atomic E-state index is 12.9. The highest BCUT2D eigenvalue weighted by molar-refractivity contribution is 7.80. The van der Waals surface area contributed by atoms with Crippen LogP contribution in [0.4, 0.5) is 0 Å². The van der Waals surface area contributed by atoms with Crippen LogP contribution in [0.1, 0.15) is 226 Å². The lowest BCUT2D eigenvalue weighted by molar-refractivity contribution is -0.301. The minimum absolute atomic E-state index is 0.0332. The number of esters is 1. The van der Waals surface area contributed by atoms with Gasteiger partial charge >= 0.3 is 16.4 Å². The Morgan fingerprint density at radius 3 is 1.49 bits per heavy atom. The summed E-state index contributed by atoms with van der Waals surface area (Å²) in [4.78, 5) is 12.9. The third kappa shape index (κ3) is 37.0. The molecule has 1 fully saturated rings. The van der Waals surface area contributed by atoms with Gasteiger partial charge in [0, 0.05) is 13.0 Å². The second kappa shape index (κ2) is 43.6. The van der Waals surface area contributed by atoms with Crippen LogP contribution in [-0.2, 0) is 38.3 Å². The van der Waals surface area contributed by atoms with Crippen molar-refractivity contribution < 1.29 is 56.2 Å². The van der Waals surface area contributed by atoms with E-state index in [1.807, 2.05) is 0 Å². The number of hydrogen-bond acceptors (Lipinski definition) is 11. The van der Waals surface area contributed by atoms with Crippen LogP contribution in [0.2, 0.25) is 0 Å². The first-order valence-electron chi connectivity index (χ1n) is 26.2. The molecule has 6 unspecified atom stereocenters. The van der Waals surface area contributed by atoms with Crippen LogP contribution in [-0.4, -0.2) is 97.5 Å². The predicted octanol–water partition coefficient (Wildman–Crippen LogP) is 12.1. The van der Waals surface area contributed by atoms with Crippen molar-refractivity contribution in [2.24, 2.45) is 0 Å². The summed E-state index contributed by atoms with van der Waals surface area (Å²) in [6.07, 6.45) is 43.1. The van der Waals surface area contributed by atoms with Crippen molar-refractivity contribution in [1.29, 1.82) is 0 Å². The molecule has 0 bridgehead atoms. The Kier molecular flexibility index (Phi) is 41.1. The number of carbonyl (C=O) groups is 1. The average molecular weight is 945 g/mol. The third-order valence-electron chi connectivity index (χ3n) is 12.0. The van der Waals surface area contributed by atoms with Crippen LogP contribution in [0.3, 0.4) is 0 Å². The summed E-state index contributed by atoms with van der Waals surface area (Å²) in [7, 11) is -5.07. The molecule has 0 aliphatic carbocycles. The standard InChI is InChI=1S/C52H96O12S/c1-3-5-7-9-11-13-15-17-19-21-23-24-26-28-30-32-34-36-38-40-42-60-44-46(45-61-52-50(56)51(64-65(57,58)59)49(55)47(43-53)63-52)62-48(54)41-39-37-35-33-31-29-27-25-22-20-18-16-14-12-10-8-6-4-2/h14,16-17,19-20,22,46-47,49-53,55-56H,3-13,15,18,21,23-45H2,1-2H3,(H,57,58,59)/b16-14-,19-17-,22-20-. The number of ether oxygens (including phenoxy) is 4. The molecule has 0 saturated carbocycles. The molecule has 0 aromatic heterocycles. The van der Waals surface area contributed by atoms with E-state index in [1.165, 1.54) is 148 Å². The van der Waals surface area contributed by atoms with Crippen molar-refractivity contribution in [1.82, 2.24) is 0 Å². The van der Waals surface area contributed by atoms with Gasteiger partial charge in [0.25, 0.3) is 0 Å². The van der Waals surface area contributed by atoms with E-state index in [-0.39, 0.29) is 19.6 Å². The second-order valence-corrected chi connectivity index (χ2v) is 19.2. The van der Waals surface area contributed by atoms with Gasteiger partial charge in [-0.3, -0.25) is 9.35 Å². The van der Waals surface area contributed by atoms with E-state index in [1.54, 1.807) is 0 Å². The molecule has 12 nitrogen and oxygen atoms in total. The van der Waals surface area contributed by atoms with Crippen LogP contribution in [0.15, 0.2) is 36.5 Å². The number of rotatable bonds is 46. The average Bonchev–Trinajstić information content (AvgIpc) is 3.28. The summed E-state index contributed by atoms with van der Waals surface area (Å²) in [6.45, 7) is 3.99. The van der Waals surface area contributed by atoms with Gasteiger partial charge in [-0.05, 0) is 70.6 Å². The molecule has 0 spiro atoms. The van der Waals surface area contributed by atoms with Crippen molar-refractivity contribution >= 4 is 16.4 Å². The fourth-order valence-electron chi connectivity index (χ4n) is 7.99. The van der Waals surface area contributed by atoms with Gasteiger partial charge in [-0.1, -0.05) is 185 Å². The first-order chi connectivity index (χ1) is 31.6. The zero-order valence-corrected chi connectivity index (χ0v) is 41.9. The monoisotopic (exact) mass is 945 g/mol. The lowest BCUT2D eigenvalue weighted by Crippen LogP contribution is -2.60. The van der Waals surface area contributed by atoms with Crippen molar-refractivity contribution in [2.75, 3.05) is 26.4 Å². The van der Waals surface area contributed by atoms with E-state index in [0.717, 1.165) is 51.4 Å². The molecule has 1 heterocycles. The fraction of sp³-hybridized carbons (Fsp3) is 0.865. The first kappa shape index (κ1) is 61.3. The lowest BCUT2D eigenvalue weighted by atomic mass is 9.99. The molecule has 1 aliphatic rings. The van der Waals surface area contributed by atoms with Crippen LogP contribution >= 0.6 is 0 Å². The molecule has 13 heteroatoms. The Bertz CT molecular complexity index is 1270. The molecule has 65 heavy (non-hydrogen) atoms. The van der Waals surface area contributed by atoms with Gasteiger partial charge in [0.15, 0.2) is 6.29 Å². The molecule has 1 rings (SSSR count). The molecule has 1 saturated heterocycles.